The molecule has 0 atom stereocenters. The number of aryl methyl sites for hydroxylation is 2. The fourth-order valence-electron chi connectivity index (χ4n) is 2.79. The molecule has 3 aromatic rings. The van der Waals surface area contributed by atoms with Crippen molar-refractivity contribution in [3.8, 4) is 11.1 Å². The van der Waals surface area contributed by atoms with Crippen LogP contribution in [0, 0.1) is 19.7 Å². The van der Waals surface area contributed by atoms with Gasteiger partial charge >= 0.3 is 5.97 Å². The van der Waals surface area contributed by atoms with Gasteiger partial charge in [0.1, 0.15) is 4.83 Å². The average Bonchev–Trinajstić information content (AvgIpc) is 2.93. The predicted octanol–water partition coefficient (Wildman–Crippen LogP) is 5.74. The third-order valence-corrected chi connectivity index (χ3v) is 5.57. The van der Waals surface area contributed by atoms with E-state index in [0.29, 0.717) is 22.4 Å². The summed E-state index contributed by atoms with van der Waals surface area (Å²) < 4.78 is 19.1. The zero-order valence-corrected chi connectivity index (χ0v) is 16.1. The summed E-state index contributed by atoms with van der Waals surface area (Å²) in [6.45, 7) is 3.78. The SMILES string of the molecule is COC(=O)Cc1c(C)nc2sc(C)cc2c1-c1ccc(Cl)c(F)c1Cl. The fraction of sp³-hybridized carbons (Fsp3) is 0.222. The lowest BCUT2D eigenvalue weighted by atomic mass is 9.94. The van der Waals surface area contributed by atoms with Crippen molar-refractivity contribution in [2.24, 2.45) is 0 Å². The van der Waals surface area contributed by atoms with E-state index in [0.717, 1.165) is 15.1 Å². The van der Waals surface area contributed by atoms with Gasteiger partial charge in [0.15, 0.2) is 5.82 Å². The Balaban J connectivity index is 2.40. The number of hydrogen-bond acceptors (Lipinski definition) is 4. The van der Waals surface area contributed by atoms with E-state index in [1.807, 2.05) is 19.9 Å². The number of fused-ring (bicyclic) bond motifs is 1. The maximum Gasteiger partial charge on any atom is 0.310 e. The summed E-state index contributed by atoms with van der Waals surface area (Å²) >= 11 is 13.6. The molecule has 0 aliphatic heterocycles. The normalized spacial score (nSPS) is 11.1. The lowest BCUT2D eigenvalue weighted by Gasteiger charge is -2.15. The van der Waals surface area contributed by atoms with Crippen molar-refractivity contribution in [2.45, 2.75) is 20.3 Å². The zero-order valence-electron chi connectivity index (χ0n) is 13.7. The van der Waals surface area contributed by atoms with Crippen molar-refractivity contribution >= 4 is 50.7 Å². The van der Waals surface area contributed by atoms with Crippen molar-refractivity contribution in [1.82, 2.24) is 4.98 Å². The maximum absolute atomic E-state index is 14.3. The monoisotopic (exact) mass is 397 g/mol. The topological polar surface area (TPSA) is 39.2 Å². The minimum atomic E-state index is -0.681. The number of ether oxygens (including phenoxy) is 1. The molecule has 0 fully saturated rings. The molecule has 7 heteroatoms. The van der Waals surface area contributed by atoms with Crippen molar-refractivity contribution in [3.63, 3.8) is 0 Å². The predicted molar refractivity (Wildman–Crippen MR) is 100 cm³/mol. The molecule has 0 spiro atoms. The summed E-state index contributed by atoms with van der Waals surface area (Å²) in [6.07, 6.45) is 0.0239. The van der Waals surface area contributed by atoms with Crippen molar-refractivity contribution in [1.29, 1.82) is 0 Å². The second-order valence-electron chi connectivity index (χ2n) is 5.60. The largest absolute Gasteiger partial charge is 0.469 e. The summed E-state index contributed by atoms with van der Waals surface area (Å²) in [6, 6.07) is 5.09. The standard InChI is InChI=1S/C18H14Cl2FNO2S/c1-8-6-12-15(10-4-5-13(19)17(21)16(10)20)11(7-14(23)24-3)9(2)22-18(12)25-8/h4-6H,7H2,1-3H3. The highest BCUT2D eigenvalue weighted by Gasteiger charge is 2.22. The van der Waals surface area contributed by atoms with Gasteiger partial charge in [0.2, 0.25) is 0 Å². The van der Waals surface area contributed by atoms with Gasteiger partial charge in [-0.15, -0.1) is 11.3 Å². The first-order valence-corrected chi connectivity index (χ1v) is 9.01. The fourth-order valence-corrected chi connectivity index (χ4v) is 4.19. The molecule has 0 saturated carbocycles. The minimum absolute atomic E-state index is 0.0239. The van der Waals surface area contributed by atoms with E-state index in [9.17, 15) is 9.18 Å². The third kappa shape index (κ3) is 3.24. The molecule has 0 aliphatic rings. The molecule has 130 valence electrons. The molecular weight excluding hydrogens is 384 g/mol. The Labute approximate surface area is 158 Å². The van der Waals surface area contributed by atoms with Crippen LogP contribution in [0.2, 0.25) is 10.0 Å². The van der Waals surface area contributed by atoms with E-state index in [4.69, 9.17) is 27.9 Å². The van der Waals surface area contributed by atoms with Crippen LogP contribution in [0.1, 0.15) is 16.1 Å². The number of rotatable bonds is 3. The van der Waals surface area contributed by atoms with Crippen molar-refractivity contribution in [3.05, 3.63) is 50.2 Å². The molecule has 0 radical (unpaired) electrons. The van der Waals surface area contributed by atoms with Gasteiger partial charge in [0.05, 0.1) is 23.6 Å². The number of carbonyl (C=O) groups excluding carboxylic acids is 1. The van der Waals surface area contributed by atoms with E-state index in [2.05, 4.69) is 4.98 Å². The minimum Gasteiger partial charge on any atom is -0.469 e. The van der Waals surface area contributed by atoms with Crippen LogP contribution in [0.5, 0.6) is 0 Å². The number of methoxy groups -OCH3 is 1. The van der Waals surface area contributed by atoms with Crippen LogP contribution in [0.4, 0.5) is 4.39 Å². The quantitative estimate of drug-likeness (QED) is 0.417. The molecular formula is C18H14Cl2FNO2S. The Hall–Kier alpha value is -1.69. The van der Waals surface area contributed by atoms with Gasteiger partial charge < -0.3 is 4.74 Å². The number of thiophene rings is 1. The maximum atomic E-state index is 14.3. The average molecular weight is 398 g/mol. The van der Waals surface area contributed by atoms with Crippen LogP contribution >= 0.6 is 34.5 Å². The number of pyridine rings is 1. The molecule has 0 saturated heterocycles. The first kappa shape index (κ1) is 18.1. The summed E-state index contributed by atoms with van der Waals surface area (Å²) in [5, 5.41) is 0.705. The van der Waals surface area contributed by atoms with Crippen LogP contribution in [0.15, 0.2) is 18.2 Å². The first-order chi connectivity index (χ1) is 11.8. The second-order valence-corrected chi connectivity index (χ2v) is 7.62. The number of hydrogen-bond donors (Lipinski definition) is 0. The van der Waals surface area contributed by atoms with Crippen LogP contribution in [0.3, 0.4) is 0 Å². The van der Waals surface area contributed by atoms with Crippen molar-refractivity contribution in [2.75, 3.05) is 7.11 Å². The van der Waals surface area contributed by atoms with Gasteiger partial charge in [-0.2, -0.15) is 0 Å². The Morgan fingerprint density at radius 2 is 2.04 bits per heavy atom. The molecule has 2 aromatic heterocycles. The van der Waals surface area contributed by atoms with Gasteiger partial charge in [-0.05, 0) is 37.1 Å². The highest BCUT2D eigenvalue weighted by atomic mass is 35.5. The van der Waals surface area contributed by atoms with E-state index >= 15 is 0 Å². The molecule has 2 heterocycles. The summed E-state index contributed by atoms with van der Waals surface area (Å²) in [4.78, 5) is 18.3. The molecule has 0 unspecified atom stereocenters. The lowest BCUT2D eigenvalue weighted by Crippen LogP contribution is -2.09. The Bertz CT molecular complexity index is 1000. The molecule has 0 N–H and O–H groups in total. The van der Waals surface area contributed by atoms with Crippen LogP contribution in [-0.2, 0) is 16.0 Å². The van der Waals surface area contributed by atoms with Crippen LogP contribution < -0.4 is 0 Å². The van der Waals surface area contributed by atoms with Gasteiger partial charge in [0.25, 0.3) is 0 Å². The van der Waals surface area contributed by atoms with Crippen LogP contribution in [0.25, 0.3) is 21.3 Å². The molecule has 0 aliphatic carbocycles. The second kappa shape index (κ2) is 6.90. The van der Waals surface area contributed by atoms with E-state index in [-0.39, 0.29) is 16.5 Å². The van der Waals surface area contributed by atoms with E-state index in [1.54, 1.807) is 6.07 Å². The Morgan fingerprint density at radius 3 is 2.72 bits per heavy atom. The third-order valence-electron chi connectivity index (χ3n) is 3.97. The number of aromatic nitrogens is 1. The smallest absolute Gasteiger partial charge is 0.310 e. The van der Waals surface area contributed by atoms with Crippen molar-refractivity contribution < 1.29 is 13.9 Å². The molecule has 3 nitrogen and oxygen atoms in total. The molecule has 0 bridgehead atoms. The van der Waals surface area contributed by atoms with Crippen LogP contribution in [-0.4, -0.2) is 18.1 Å². The number of nitrogens with zero attached hydrogens (tertiary/aromatic N) is 1. The number of esters is 1. The van der Waals surface area contributed by atoms with Gasteiger partial charge in [-0.1, -0.05) is 29.3 Å². The van der Waals surface area contributed by atoms with E-state index in [1.165, 1.54) is 24.5 Å². The summed E-state index contributed by atoms with van der Waals surface area (Å²) in [5.74, 6) is -1.08. The first-order valence-electron chi connectivity index (χ1n) is 7.43. The Kier molecular flexibility index (Phi) is 5.00. The molecule has 1 aromatic carbocycles. The highest BCUT2D eigenvalue weighted by molar-refractivity contribution is 7.18. The number of halogens is 3. The summed E-state index contributed by atoms with van der Waals surface area (Å²) in [7, 11) is 1.33. The number of benzene rings is 1. The molecule has 25 heavy (non-hydrogen) atoms. The van der Waals surface area contributed by atoms with Gasteiger partial charge in [0, 0.05) is 21.5 Å². The Morgan fingerprint density at radius 1 is 1.32 bits per heavy atom. The highest BCUT2D eigenvalue weighted by Crippen LogP contribution is 2.42. The van der Waals surface area contributed by atoms with Gasteiger partial charge in [-0.25, -0.2) is 9.37 Å². The molecule has 0 amide bonds. The summed E-state index contributed by atoms with van der Waals surface area (Å²) in [5.41, 5.74) is 2.52. The lowest BCUT2D eigenvalue weighted by molar-refractivity contribution is -0.139. The molecule has 3 rings (SSSR count). The van der Waals surface area contributed by atoms with Gasteiger partial charge in [-0.3, -0.25) is 4.79 Å². The van der Waals surface area contributed by atoms with E-state index < -0.39 is 11.8 Å². The number of carbonyl (C=O) groups is 1. The zero-order chi connectivity index (χ0) is 18.3.